The molecule has 1 unspecified atom stereocenters. The first kappa shape index (κ1) is 14.8. The van der Waals surface area contributed by atoms with Gasteiger partial charge in [-0.2, -0.15) is 0 Å². The average molecular weight is 320 g/mol. The number of H-pyrrole nitrogens is 1. The van der Waals surface area contributed by atoms with Crippen molar-refractivity contribution in [3.8, 4) is 5.75 Å². The van der Waals surface area contributed by atoms with Crippen LogP contribution in [0.3, 0.4) is 0 Å². The Morgan fingerprint density at radius 2 is 2.17 bits per heavy atom. The van der Waals surface area contributed by atoms with Crippen LogP contribution in [0.25, 0.3) is 10.9 Å². The molecule has 122 valence electrons. The maximum Gasteiger partial charge on any atom is 0.261 e. The summed E-state index contributed by atoms with van der Waals surface area (Å²) in [6.07, 6.45) is 3.06. The molecule has 4 nitrogen and oxygen atoms in total. The first-order valence-electron chi connectivity index (χ1n) is 8.29. The Hall–Kier alpha value is -2.75. The lowest BCUT2D eigenvalue weighted by Gasteiger charge is -2.11. The molecule has 0 aliphatic carbocycles. The Labute approximate surface area is 140 Å². The maximum atomic E-state index is 12.3. The molecule has 1 atom stereocenters. The molecule has 2 heterocycles. The fraction of sp³-hybridized carbons (Fsp3) is 0.250. The van der Waals surface area contributed by atoms with Crippen LogP contribution in [0.15, 0.2) is 48.7 Å². The number of hydrogen-bond acceptors (Lipinski definition) is 2. The second kappa shape index (κ2) is 6.04. The van der Waals surface area contributed by atoms with Crippen LogP contribution in [0.4, 0.5) is 0 Å². The zero-order chi connectivity index (χ0) is 16.5. The third-order valence-corrected chi connectivity index (χ3v) is 4.56. The number of carbonyl (C=O) groups excluding carboxylic acids is 1. The van der Waals surface area contributed by atoms with Gasteiger partial charge in [0.05, 0.1) is 0 Å². The molecule has 1 amide bonds. The molecule has 0 spiro atoms. The van der Waals surface area contributed by atoms with Gasteiger partial charge < -0.3 is 15.0 Å². The lowest BCUT2D eigenvalue weighted by atomic mass is 10.1. The molecule has 0 saturated heterocycles. The molecule has 1 aromatic heterocycles. The van der Waals surface area contributed by atoms with E-state index in [9.17, 15) is 4.79 Å². The summed E-state index contributed by atoms with van der Waals surface area (Å²) in [5.41, 5.74) is 4.70. The minimum Gasteiger partial charge on any atom is -0.480 e. The number of ether oxygens (including phenoxy) is 1. The lowest BCUT2D eigenvalue weighted by molar-refractivity contribution is -0.127. The number of para-hydroxylation sites is 1. The van der Waals surface area contributed by atoms with Crippen LogP contribution in [-0.4, -0.2) is 23.5 Å². The summed E-state index contributed by atoms with van der Waals surface area (Å²) < 4.78 is 5.72. The Morgan fingerprint density at radius 1 is 1.29 bits per heavy atom. The topological polar surface area (TPSA) is 54.1 Å². The highest BCUT2D eigenvalue weighted by Gasteiger charge is 2.28. The second-order valence-corrected chi connectivity index (χ2v) is 6.32. The SMILES string of the molecule is Cc1ccc2[nH]cc(CCNC(=O)C3Cc4ccccc4O3)c2c1. The highest BCUT2D eigenvalue weighted by molar-refractivity contribution is 5.84. The summed E-state index contributed by atoms with van der Waals surface area (Å²) >= 11 is 0. The third-order valence-electron chi connectivity index (χ3n) is 4.56. The number of hydrogen-bond donors (Lipinski definition) is 2. The Balaban J connectivity index is 1.36. The molecule has 4 rings (SSSR count). The summed E-state index contributed by atoms with van der Waals surface area (Å²) in [6, 6.07) is 14.2. The molecule has 0 radical (unpaired) electrons. The van der Waals surface area contributed by atoms with Gasteiger partial charge in [0.1, 0.15) is 5.75 Å². The molecule has 2 aromatic carbocycles. The van der Waals surface area contributed by atoms with E-state index in [0.717, 1.165) is 23.3 Å². The molecule has 4 heteroatoms. The monoisotopic (exact) mass is 320 g/mol. The number of aromatic amines is 1. The Morgan fingerprint density at radius 3 is 3.04 bits per heavy atom. The number of benzene rings is 2. The molecule has 0 saturated carbocycles. The van der Waals surface area contributed by atoms with Crippen LogP contribution in [0.2, 0.25) is 0 Å². The summed E-state index contributed by atoms with van der Waals surface area (Å²) in [7, 11) is 0. The first-order valence-corrected chi connectivity index (χ1v) is 8.29. The molecular formula is C20H20N2O2. The van der Waals surface area contributed by atoms with Gasteiger partial charge in [0.25, 0.3) is 5.91 Å². The molecule has 2 N–H and O–H groups in total. The third kappa shape index (κ3) is 2.75. The molecule has 3 aromatic rings. The van der Waals surface area contributed by atoms with Crippen molar-refractivity contribution in [3.63, 3.8) is 0 Å². The van der Waals surface area contributed by atoms with Crippen LogP contribution >= 0.6 is 0 Å². The highest BCUT2D eigenvalue weighted by Crippen LogP contribution is 2.28. The largest absolute Gasteiger partial charge is 0.480 e. The van der Waals surface area contributed by atoms with E-state index in [0.29, 0.717) is 13.0 Å². The number of nitrogens with one attached hydrogen (secondary N) is 2. The number of amides is 1. The van der Waals surface area contributed by atoms with Gasteiger partial charge in [-0.05, 0) is 42.7 Å². The zero-order valence-electron chi connectivity index (χ0n) is 13.6. The zero-order valence-corrected chi connectivity index (χ0v) is 13.6. The summed E-state index contributed by atoms with van der Waals surface area (Å²) in [5.74, 6) is 0.784. The van der Waals surface area contributed by atoms with Gasteiger partial charge in [-0.3, -0.25) is 4.79 Å². The minimum atomic E-state index is -0.410. The van der Waals surface area contributed by atoms with Gasteiger partial charge in [-0.15, -0.1) is 0 Å². The van der Waals surface area contributed by atoms with E-state index in [1.54, 1.807) is 0 Å². The van der Waals surface area contributed by atoms with Gasteiger partial charge in [-0.1, -0.05) is 29.8 Å². The van der Waals surface area contributed by atoms with Crippen molar-refractivity contribution in [3.05, 3.63) is 65.4 Å². The minimum absolute atomic E-state index is 0.0396. The molecule has 0 bridgehead atoms. The summed E-state index contributed by atoms with van der Waals surface area (Å²) in [4.78, 5) is 15.6. The van der Waals surface area contributed by atoms with Crippen molar-refractivity contribution in [2.24, 2.45) is 0 Å². The number of carbonyl (C=O) groups is 1. The Bertz CT molecular complexity index is 873. The van der Waals surface area contributed by atoms with Crippen molar-refractivity contribution in [2.45, 2.75) is 25.9 Å². The number of aryl methyl sites for hydroxylation is 1. The van der Waals surface area contributed by atoms with Crippen molar-refractivity contribution >= 4 is 16.8 Å². The van der Waals surface area contributed by atoms with Crippen LogP contribution in [0.5, 0.6) is 5.75 Å². The molecule has 1 aliphatic heterocycles. The molecule has 24 heavy (non-hydrogen) atoms. The number of aromatic nitrogens is 1. The number of fused-ring (bicyclic) bond motifs is 2. The summed E-state index contributed by atoms with van der Waals surface area (Å²) in [6.45, 7) is 2.70. The second-order valence-electron chi connectivity index (χ2n) is 6.32. The standard InChI is InChI=1S/C20H20N2O2/c1-13-6-7-17-16(10-13)15(12-22-17)8-9-21-20(23)19-11-14-4-2-3-5-18(14)24-19/h2-7,10,12,19,22H,8-9,11H2,1H3,(H,21,23). The highest BCUT2D eigenvalue weighted by atomic mass is 16.5. The van der Waals surface area contributed by atoms with Gasteiger partial charge >= 0.3 is 0 Å². The maximum absolute atomic E-state index is 12.3. The normalized spacial score (nSPS) is 16.0. The van der Waals surface area contributed by atoms with Crippen LogP contribution in [0, 0.1) is 6.92 Å². The first-order chi connectivity index (χ1) is 11.7. The molecule has 1 aliphatic rings. The van der Waals surface area contributed by atoms with E-state index >= 15 is 0 Å². The van der Waals surface area contributed by atoms with Crippen molar-refractivity contribution < 1.29 is 9.53 Å². The predicted octanol–water partition coefficient (Wildman–Crippen LogP) is 3.14. The van der Waals surface area contributed by atoms with Crippen LogP contribution < -0.4 is 10.1 Å². The predicted molar refractivity (Wildman–Crippen MR) is 94.3 cm³/mol. The van der Waals surface area contributed by atoms with Gasteiger partial charge in [-0.25, -0.2) is 0 Å². The van der Waals surface area contributed by atoms with E-state index in [1.165, 1.54) is 16.5 Å². The Kier molecular flexibility index (Phi) is 3.73. The smallest absolute Gasteiger partial charge is 0.261 e. The van der Waals surface area contributed by atoms with E-state index in [2.05, 4.69) is 35.4 Å². The lowest BCUT2D eigenvalue weighted by Crippen LogP contribution is -2.38. The van der Waals surface area contributed by atoms with Crippen molar-refractivity contribution in [1.82, 2.24) is 10.3 Å². The van der Waals surface area contributed by atoms with Gasteiger partial charge in [0, 0.05) is 30.1 Å². The molecule has 0 fully saturated rings. The summed E-state index contributed by atoms with van der Waals surface area (Å²) in [5, 5.41) is 4.23. The van der Waals surface area contributed by atoms with E-state index in [4.69, 9.17) is 4.74 Å². The fourth-order valence-electron chi connectivity index (χ4n) is 3.26. The van der Waals surface area contributed by atoms with E-state index in [-0.39, 0.29) is 5.91 Å². The van der Waals surface area contributed by atoms with E-state index in [1.807, 2.05) is 30.5 Å². The fourth-order valence-corrected chi connectivity index (χ4v) is 3.26. The number of rotatable bonds is 4. The van der Waals surface area contributed by atoms with Crippen LogP contribution in [-0.2, 0) is 17.6 Å². The molecular weight excluding hydrogens is 300 g/mol. The quantitative estimate of drug-likeness (QED) is 0.776. The van der Waals surface area contributed by atoms with E-state index < -0.39 is 6.10 Å². The average Bonchev–Trinajstić information content (AvgIpc) is 3.18. The van der Waals surface area contributed by atoms with Crippen molar-refractivity contribution in [1.29, 1.82) is 0 Å². The van der Waals surface area contributed by atoms with Gasteiger partial charge in [0.15, 0.2) is 6.10 Å². The van der Waals surface area contributed by atoms with Gasteiger partial charge in [0.2, 0.25) is 0 Å². The van der Waals surface area contributed by atoms with Crippen LogP contribution in [0.1, 0.15) is 16.7 Å². The van der Waals surface area contributed by atoms with Crippen molar-refractivity contribution in [2.75, 3.05) is 6.54 Å².